The maximum absolute atomic E-state index is 13.8. The summed E-state index contributed by atoms with van der Waals surface area (Å²) in [5, 5.41) is 8.57. The highest BCUT2D eigenvalue weighted by Gasteiger charge is 2.29. The summed E-state index contributed by atoms with van der Waals surface area (Å²) in [6.07, 6.45) is 1.78. The second-order valence-corrected chi connectivity index (χ2v) is 9.63. The number of benzene rings is 2. The van der Waals surface area contributed by atoms with E-state index in [0.717, 1.165) is 57.4 Å². The van der Waals surface area contributed by atoms with Gasteiger partial charge in [0.1, 0.15) is 5.82 Å². The Hall–Kier alpha value is -3.26. The zero-order chi connectivity index (χ0) is 23.1. The molecule has 0 bridgehead atoms. The largest absolute Gasteiger partial charge is 0.347 e. The molecule has 1 N–H and O–H groups in total. The Labute approximate surface area is 196 Å². The first-order chi connectivity index (χ1) is 15.9. The molecule has 33 heavy (non-hydrogen) atoms. The molecule has 1 saturated heterocycles. The first-order valence-electron chi connectivity index (χ1n) is 11.1. The fourth-order valence-corrected chi connectivity index (χ4v) is 5.35. The van der Waals surface area contributed by atoms with E-state index in [2.05, 4.69) is 15.3 Å². The summed E-state index contributed by atoms with van der Waals surface area (Å²) in [4.78, 5) is 20.1. The van der Waals surface area contributed by atoms with Crippen LogP contribution >= 0.6 is 11.3 Å². The van der Waals surface area contributed by atoms with Crippen molar-refractivity contribution in [2.24, 2.45) is 5.92 Å². The van der Waals surface area contributed by atoms with E-state index in [-0.39, 0.29) is 17.6 Å². The summed E-state index contributed by atoms with van der Waals surface area (Å²) in [7, 11) is 0. The van der Waals surface area contributed by atoms with E-state index in [9.17, 15) is 9.18 Å². The van der Waals surface area contributed by atoms with Gasteiger partial charge in [0.15, 0.2) is 10.8 Å². The minimum atomic E-state index is -0.307. The number of aryl methyl sites for hydroxylation is 2. The number of carbonyl (C=O) groups is 1. The third-order valence-electron chi connectivity index (χ3n) is 6.36. The smallest absolute Gasteiger partial charge is 0.229 e. The number of carbonyl (C=O) groups excluding carboxylic acids is 1. The number of anilines is 2. The topological polar surface area (TPSA) is 63.1 Å². The second kappa shape index (κ2) is 8.59. The van der Waals surface area contributed by atoms with Gasteiger partial charge in [-0.3, -0.25) is 4.79 Å². The molecular weight excluding hydrogens is 437 g/mol. The molecule has 0 unspecified atom stereocenters. The maximum Gasteiger partial charge on any atom is 0.229 e. The van der Waals surface area contributed by atoms with Crippen LogP contribution in [0.5, 0.6) is 0 Å². The first-order valence-corrected chi connectivity index (χ1v) is 12.0. The van der Waals surface area contributed by atoms with Crippen molar-refractivity contribution in [1.29, 1.82) is 0 Å². The molecule has 8 heteroatoms. The normalized spacial score (nSPS) is 16.4. The van der Waals surface area contributed by atoms with E-state index >= 15 is 0 Å². The molecule has 1 aliphatic rings. The van der Waals surface area contributed by atoms with Crippen LogP contribution in [-0.2, 0) is 4.79 Å². The standard InChI is InChI=1S/C25H26FN5OS/c1-15-7-4-11-21(16(15)2)27-24(32)18-8-6-12-30(14-18)25-28-23-22(33-25)17(3)29-31(23)20-10-5-9-19(26)13-20/h4-5,7,9-11,13,18H,6,8,12,14H2,1-3H3,(H,27,32)/t18-/m1/s1. The fourth-order valence-electron chi connectivity index (χ4n) is 4.33. The summed E-state index contributed by atoms with van der Waals surface area (Å²) in [6, 6.07) is 12.3. The molecule has 3 heterocycles. The Morgan fingerprint density at radius 2 is 2.00 bits per heavy atom. The number of fused-ring (bicyclic) bond motifs is 1. The van der Waals surface area contributed by atoms with Crippen LogP contribution in [0.15, 0.2) is 42.5 Å². The number of hydrogen-bond acceptors (Lipinski definition) is 5. The third kappa shape index (κ3) is 4.11. The molecule has 1 amide bonds. The van der Waals surface area contributed by atoms with Gasteiger partial charge in [0.05, 0.1) is 22.0 Å². The van der Waals surface area contributed by atoms with Crippen molar-refractivity contribution < 1.29 is 9.18 Å². The minimum absolute atomic E-state index is 0.0524. The molecule has 5 rings (SSSR count). The summed E-state index contributed by atoms with van der Waals surface area (Å²) >= 11 is 1.58. The van der Waals surface area contributed by atoms with Crippen molar-refractivity contribution in [1.82, 2.24) is 14.8 Å². The van der Waals surface area contributed by atoms with Crippen LogP contribution in [-0.4, -0.2) is 33.8 Å². The van der Waals surface area contributed by atoms with Crippen molar-refractivity contribution in [3.63, 3.8) is 0 Å². The lowest BCUT2D eigenvalue weighted by Crippen LogP contribution is -2.40. The molecule has 1 fully saturated rings. The van der Waals surface area contributed by atoms with Crippen LogP contribution < -0.4 is 10.2 Å². The monoisotopic (exact) mass is 463 g/mol. The van der Waals surface area contributed by atoms with Gasteiger partial charge in [-0.1, -0.05) is 29.5 Å². The summed E-state index contributed by atoms with van der Waals surface area (Å²) < 4.78 is 16.5. The average molecular weight is 464 g/mol. The molecular formula is C25H26FN5OS. The van der Waals surface area contributed by atoms with Gasteiger partial charge in [0.2, 0.25) is 5.91 Å². The van der Waals surface area contributed by atoms with Gasteiger partial charge in [0.25, 0.3) is 0 Å². The lowest BCUT2D eigenvalue weighted by atomic mass is 9.97. The van der Waals surface area contributed by atoms with Crippen LogP contribution in [0.4, 0.5) is 15.2 Å². The van der Waals surface area contributed by atoms with Crippen LogP contribution in [0.2, 0.25) is 0 Å². The molecule has 4 aromatic rings. The fraction of sp³-hybridized carbons (Fsp3) is 0.320. The highest BCUT2D eigenvalue weighted by Crippen LogP contribution is 2.34. The lowest BCUT2D eigenvalue weighted by molar-refractivity contribution is -0.120. The minimum Gasteiger partial charge on any atom is -0.347 e. The molecule has 1 aliphatic heterocycles. The van der Waals surface area contributed by atoms with E-state index in [0.29, 0.717) is 12.2 Å². The Bertz CT molecular complexity index is 1340. The highest BCUT2D eigenvalue weighted by molar-refractivity contribution is 7.22. The Morgan fingerprint density at radius 1 is 1.18 bits per heavy atom. The van der Waals surface area contributed by atoms with E-state index in [4.69, 9.17) is 4.98 Å². The SMILES string of the molecule is Cc1cccc(NC(=O)[C@@H]2CCCN(c3nc4c(s3)c(C)nn4-c3cccc(F)c3)C2)c1C. The quantitative estimate of drug-likeness (QED) is 0.440. The maximum atomic E-state index is 13.8. The van der Waals surface area contributed by atoms with Gasteiger partial charge in [-0.2, -0.15) is 10.1 Å². The first kappa shape index (κ1) is 21.6. The Kier molecular flexibility index (Phi) is 5.62. The van der Waals surface area contributed by atoms with Gasteiger partial charge in [-0.25, -0.2) is 9.07 Å². The molecule has 0 saturated carbocycles. The number of rotatable bonds is 4. The predicted molar refractivity (Wildman–Crippen MR) is 131 cm³/mol. The molecule has 2 aromatic heterocycles. The van der Waals surface area contributed by atoms with Crippen LogP contribution in [0, 0.1) is 32.5 Å². The third-order valence-corrected chi connectivity index (χ3v) is 7.57. The Balaban J connectivity index is 1.38. The summed E-state index contributed by atoms with van der Waals surface area (Å²) in [5.41, 5.74) is 5.37. The van der Waals surface area contributed by atoms with Gasteiger partial charge in [-0.15, -0.1) is 0 Å². The van der Waals surface area contributed by atoms with E-state index in [1.54, 1.807) is 22.1 Å². The summed E-state index contributed by atoms with van der Waals surface area (Å²) in [5.74, 6) is -0.360. The molecule has 0 spiro atoms. The number of nitrogens with one attached hydrogen (secondary N) is 1. The number of aromatic nitrogens is 3. The van der Waals surface area contributed by atoms with Crippen LogP contribution in [0.3, 0.4) is 0 Å². The van der Waals surface area contributed by atoms with E-state index < -0.39 is 0 Å². The van der Waals surface area contributed by atoms with Crippen molar-refractivity contribution in [2.75, 3.05) is 23.3 Å². The number of amides is 1. The summed E-state index contributed by atoms with van der Waals surface area (Å²) in [6.45, 7) is 7.50. The highest BCUT2D eigenvalue weighted by atomic mass is 32.1. The van der Waals surface area contributed by atoms with Gasteiger partial charge >= 0.3 is 0 Å². The van der Waals surface area contributed by atoms with Crippen molar-refractivity contribution in [2.45, 2.75) is 33.6 Å². The molecule has 0 aliphatic carbocycles. The zero-order valence-corrected chi connectivity index (χ0v) is 19.7. The van der Waals surface area contributed by atoms with Crippen molar-refractivity contribution in [3.05, 3.63) is 65.1 Å². The molecule has 6 nitrogen and oxygen atoms in total. The lowest BCUT2D eigenvalue weighted by Gasteiger charge is -2.31. The zero-order valence-electron chi connectivity index (χ0n) is 18.9. The van der Waals surface area contributed by atoms with E-state index in [1.165, 1.54) is 12.1 Å². The van der Waals surface area contributed by atoms with Gasteiger partial charge in [0, 0.05) is 18.8 Å². The number of thiazole rings is 1. The molecule has 0 radical (unpaired) electrons. The average Bonchev–Trinajstić information content (AvgIpc) is 3.38. The second-order valence-electron chi connectivity index (χ2n) is 8.65. The Morgan fingerprint density at radius 3 is 2.82 bits per heavy atom. The van der Waals surface area contributed by atoms with Gasteiger partial charge in [-0.05, 0) is 69.0 Å². The molecule has 170 valence electrons. The number of nitrogens with zero attached hydrogens (tertiary/aromatic N) is 4. The molecule has 1 atom stereocenters. The van der Waals surface area contributed by atoms with Gasteiger partial charge < -0.3 is 10.2 Å². The predicted octanol–water partition coefficient (Wildman–Crippen LogP) is 5.40. The van der Waals surface area contributed by atoms with Crippen molar-refractivity contribution >= 4 is 38.4 Å². The number of piperidine rings is 1. The molecule has 2 aromatic carbocycles. The van der Waals surface area contributed by atoms with Crippen molar-refractivity contribution in [3.8, 4) is 5.69 Å². The number of halogens is 1. The van der Waals surface area contributed by atoms with Crippen LogP contribution in [0.25, 0.3) is 16.0 Å². The van der Waals surface area contributed by atoms with Crippen LogP contribution in [0.1, 0.15) is 29.7 Å². The van der Waals surface area contributed by atoms with E-state index in [1.807, 2.05) is 45.0 Å². The number of hydrogen-bond donors (Lipinski definition) is 1.